The lowest BCUT2D eigenvalue weighted by molar-refractivity contribution is 0.0999. The molecule has 0 aromatic heterocycles. The van der Waals surface area contributed by atoms with Crippen molar-refractivity contribution in [2.75, 3.05) is 13.1 Å². The third kappa shape index (κ3) is 4.21. The number of benzene rings is 1. The highest BCUT2D eigenvalue weighted by Crippen LogP contribution is 2.35. The quantitative estimate of drug-likeness (QED) is 0.886. The maximum Gasteiger partial charge on any atom is 0.0409 e. The molecule has 1 heterocycles. The molecule has 3 heteroatoms. The molecule has 1 aromatic rings. The Labute approximate surface area is 133 Å². The van der Waals surface area contributed by atoms with Gasteiger partial charge in [-0.05, 0) is 48.8 Å². The monoisotopic (exact) mass is 306 g/mol. The van der Waals surface area contributed by atoms with Crippen molar-refractivity contribution >= 4 is 11.6 Å². The molecule has 0 amide bonds. The summed E-state index contributed by atoms with van der Waals surface area (Å²) in [6, 6.07) is 9.69. The number of hydrogen-bond acceptors (Lipinski definition) is 2. The lowest BCUT2D eigenvalue weighted by Gasteiger charge is -2.41. The van der Waals surface area contributed by atoms with Crippen LogP contribution in [0, 0.1) is 11.8 Å². The van der Waals surface area contributed by atoms with Crippen LogP contribution < -0.4 is 5.32 Å². The number of piperazine rings is 1. The van der Waals surface area contributed by atoms with Crippen LogP contribution in [-0.4, -0.2) is 30.1 Å². The predicted molar refractivity (Wildman–Crippen MR) is 89.6 cm³/mol. The van der Waals surface area contributed by atoms with Gasteiger partial charge < -0.3 is 5.32 Å². The van der Waals surface area contributed by atoms with E-state index in [1.807, 2.05) is 6.07 Å². The molecule has 2 unspecified atom stereocenters. The van der Waals surface area contributed by atoms with E-state index in [2.05, 4.69) is 42.3 Å². The molecule has 0 radical (unpaired) electrons. The molecular formula is C18H27ClN2. The third-order valence-corrected chi connectivity index (χ3v) is 5.01. The Balaban J connectivity index is 1.69. The van der Waals surface area contributed by atoms with E-state index in [-0.39, 0.29) is 0 Å². The zero-order valence-electron chi connectivity index (χ0n) is 13.2. The Kier molecular flexibility index (Phi) is 4.88. The molecule has 1 saturated heterocycles. The van der Waals surface area contributed by atoms with Crippen molar-refractivity contribution in [2.45, 2.75) is 51.7 Å². The lowest BCUT2D eigenvalue weighted by atomic mass is 9.97. The number of rotatable bonds is 5. The molecule has 116 valence electrons. The van der Waals surface area contributed by atoms with Gasteiger partial charge in [0.05, 0.1) is 0 Å². The average molecular weight is 307 g/mol. The first-order valence-electron chi connectivity index (χ1n) is 8.33. The van der Waals surface area contributed by atoms with Crippen molar-refractivity contribution in [1.82, 2.24) is 10.2 Å². The number of nitrogens with zero attached hydrogens (tertiary/aromatic N) is 1. The highest BCUT2D eigenvalue weighted by molar-refractivity contribution is 6.30. The Bertz CT molecular complexity index is 470. The fraction of sp³-hybridized carbons (Fsp3) is 0.667. The summed E-state index contributed by atoms with van der Waals surface area (Å²) >= 11 is 6.14. The van der Waals surface area contributed by atoms with Crippen LogP contribution >= 0.6 is 11.6 Å². The van der Waals surface area contributed by atoms with Gasteiger partial charge in [0, 0.05) is 36.7 Å². The first-order chi connectivity index (χ1) is 10.1. The summed E-state index contributed by atoms with van der Waals surface area (Å²) in [6.45, 7) is 8.01. The van der Waals surface area contributed by atoms with Crippen LogP contribution in [0.15, 0.2) is 24.3 Å². The van der Waals surface area contributed by atoms with E-state index < -0.39 is 0 Å². The maximum absolute atomic E-state index is 6.14. The van der Waals surface area contributed by atoms with Gasteiger partial charge in [0.15, 0.2) is 0 Å². The van der Waals surface area contributed by atoms with Gasteiger partial charge in [0.1, 0.15) is 0 Å². The van der Waals surface area contributed by atoms with E-state index >= 15 is 0 Å². The van der Waals surface area contributed by atoms with Gasteiger partial charge in [-0.25, -0.2) is 0 Å². The number of hydrogen-bond donors (Lipinski definition) is 1. The average Bonchev–Trinajstić information content (AvgIpc) is 3.24. The molecular weight excluding hydrogens is 280 g/mol. The molecule has 1 N–H and O–H groups in total. The van der Waals surface area contributed by atoms with E-state index in [0.717, 1.165) is 29.9 Å². The SMILES string of the molecule is CC(C)CC1CNC(C2CC2)CN1Cc1cccc(Cl)c1. The molecule has 21 heavy (non-hydrogen) atoms. The van der Waals surface area contributed by atoms with Crippen molar-refractivity contribution in [1.29, 1.82) is 0 Å². The van der Waals surface area contributed by atoms with Crippen molar-refractivity contribution in [3.05, 3.63) is 34.9 Å². The molecule has 0 spiro atoms. The highest BCUT2D eigenvalue weighted by Gasteiger charge is 2.37. The van der Waals surface area contributed by atoms with Gasteiger partial charge >= 0.3 is 0 Å². The Hall–Kier alpha value is -0.570. The van der Waals surface area contributed by atoms with Gasteiger partial charge in [-0.2, -0.15) is 0 Å². The fourth-order valence-corrected chi connectivity index (χ4v) is 3.75. The zero-order valence-corrected chi connectivity index (χ0v) is 13.9. The second-order valence-electron chi connectivity index (χ2n) is 7.19. The standard InChI is InChI=1S/C18H27ClN2/c1-13(2)8-17-10-20-18(15-6-7-15)12-21(17)11-14-4-3-5-16(19)9-14/h3-5,9,13,15,17-18,20H,6-8,10-12H2,1-2H3. The molecule has 2 atom stereocenters. The molecule has 2 fully saturated rings. The van der Waals surface area contributed by atoms with Crippen LogP contribution in [0.3, 0.4) is 0 Å². The van der Waals surface area contributed by atoms with Crippen molar-refractivity contribution < 1.29 is 0 Å². The first kappa shape index (κ1) is 15.3. The normalized spacial score (nSPS) is 27.2. The predicted octanol–water partition coefficient (Wildman–Crippen LogP) is 3.94. The van der Waals surface area contributed by atoms with Crippen molar-refractivity contribution in [3.8, 4) is 0 Å². The van der Waals surface area contributed by atoms with Crippen LogP contribution in [0.25, 0.3) is 0 Å². The summed E-state index contributed by atoms with van der Waals surface area (Å²) < 4.78 is 0. The number of halogens is 1. The number of nitrogens with one attached hydrogen (secondary N) is 1. The molecule has 1 aliphatic heterocycles. The second-order valence-corrected chi connectivity index (χ2v) is 7.63. The van der Waals surface area contributed by atoms with Crippen LogP contribution in [0.2, 0.25) is 5.02 Å². The summed E-state index contributed by atoms with van der Waals surface area (Å²) in [4.78, 5) is 2.69. The van der Waals surface area contributed by atoms with Gasteiger partial charge in [0.2, 0.25) is 0 Å². The van der Waals surface area contributed by atoms with E-state index in [1.54, 1.807) is 0 Å². The van der Waals surface area contributed by atoms with Crippen LogP contribution in [0.1, 0.15) is 38.7 Å². The molecule has 2 nitrogen and oxygen atoms in total. The van der Waals surface area contributed by atoms with E-state index in [4.69, 9.17) is 11.6 Å². The summed E-state index contributed by atoms with van der Waals surface area (Å²) in [7, 11) is 0. The van der Waals surface area contributed by atoms with Gasteiger partial charge in [0.25, 0.3) is 0 Å². The summed E-state index contributed by atoms with van der Waals surface area (Å²) in [5.74, 6) is 1.67. The fourth-order valence-electron chi connectivity index (χ4n) is 3.54. The molecule has 2 aliphatic rings. The topological polar surface area (TPSA) is 15.3 Å². The third-order valence-electron chi connectivity index (χ3n) is 4.77. The van der Waals surface area contributed by atoms with Crippen molar-refractivity contribution in [2.24, 2.45) is 11.8 Å². The molecule has 3 rings (SSSR count). The highest BCUT2D eigenvalue weighted by atomic mass is 35.5. The summed E-state index contributed by atoms with van der Waals surface area (Å²) in [6.07, 6.45) is 4.10. The molecule has 1 saturated carbocycles. The van der Waals surface area contributed by atoms with E-state index in [9.17, 15) is 0 Å². The second kappa shape index (κ2) is 6.68. The smallest absolute Gasteiger partial charge is 0.0409 e. The van der Waals surface area contributed by atoms with Crippen LogP contribution in [0.5, 0.6) is 0 Å². The minimum atomic E-state index is 0.652. The van der Waals surface area contributed by atoms with Gasteiger partial charge in [-0.15, -0.1) is 0 Å². The van der Waals surface area contributed by atoms with Crippen molar-refractivity contribution in [3.63, 3.8) is 0 Å². The zero-order chi connectivity index (χ0) is 14.8. The van der Waals surface area contributed by atoms with E-state index in [1.165, 1.54) is 31.4 Å². The minimum absolute atomic E-state index is 0.652. The van der Waals surface area contributed by atoms with Gasteiger partial charge in [-0.1, -0.05) is 37.6 Å². The van der Waals surface area contributed by atoms with E-state index in [0.29, 0.717) is 12.1 Å². The van der Waals surface area contributed by atoms with Crippen LogP contribution in [-0.2, 0) is 6.54 Å². The Morgan fingerprint density at radius 2 is 2.14 bits per heavy atom. The van der Waals surface area contributed by atoms with Gasteiger partial charge in [-0.3, -0.25) is 4.90 Å². The largest absolute Gasteiger partial charge is 0.311 e. The molecule has 1 aromatic carbocycles. The molecule has 1 aliphatic carbocycles. The summed E-state index contributed by atoms with van der Waals surface area (Å²) in [5.41, 5.74) is 1.34. The minimum Gasteiger partial charge on any atom is -0.311 e. The summed E-state index contributed by atoms with van der Waals surface area (Å²) in [5, 5.41) is 4.64. The van der Waals surface area contributed by atoms with Crippen LogP contribution in [0.4, 0.5) is 0 Å². The first-order valence-corrected chi connectivity index (χ1v) is 8.71. The maximum atomic E-state index is 6.14. The Morgan fingerprint density at radius 1 is 1.33 bits per heavy atom. The molecule has 0 bridgehead atoms. The Morgan fingerprint density at radius 3 is 2.81 bits per heavy atom. The lowest BCUT2D eigenvalue weighted by Crippen LogP contribution is -2.57.